The number of allylic oxidation sites excluding steroid dienone is 1. The molecule has 0 atom stereocenters. The van der Waals surface area contributed by atoms with Gasteiger partial charge in [0.2, 0.25) is 0 Å². The van der Waals surface area contributed by atoms with Gasteiger partial charge >= 0.3 is 17.1 Å². The Morgan fingerprint density at radius 3 is 1.64 bits per heavy atom. The molecule has 0 aliphatic heterocycles. The summed E-state index contributed by atoms with van der Waals surface area (Å²) in [5.74, 6) is 0.764. The molecule has 28 heavy (non-hydrogen) atoms. The third kappa shape index (κ3) is 7.08. The van der Waals surface area contributed by atoms with Gasteiger partial charge in [-0.3, -0.25) is 4.79 Å². The Bertz CT molecular complexity index is 725. The number of carbonyl (C=O) groups is 1. The number of rotatable bonds is 4. The predicted molar refractivity (Wildman–Crippen MR) is 113 cm³/mol. The summed E-state index contributed by atoms with van der Waals surface area (Å²) in [4.78, 5) is 11.9. The van der Waals surface area contributed by atoms with Crippen LogP contribution < -0.4 is 0 Å². The fourth-order valence-corrected chi connectivity index (χ4v) is 2.66. The number of hydrogen-bond acceptors (Lipinski definition) is 1. The van der Waals surface area contributed by atoms with E-state index in [-0.39, 0.29) is 22.9 Å². The SMILES string of the molecule is Cc1ccc(-c2ccc(/C=C/C(=O)[C]3[CH][CH][CH][CH]3)cc2)cc1.[CH]1[CH][CH][CH][CH]1.[Fe+2]. The number of benzene rings is 2. The summed E-state index contributed by atoms with van der Waals surface area (Å²) in [5.41, 5.74) is 4.67. The molecule has 2 fully saturated rings. The average Bonchev–Trinajstić information content (AvgIpc) is 3.44. The van der Waals surface area contributed by atoms with Crippen molar-refractivity contribution in [3.05, 3.63) is 129 Å². The Morgan fingerprint density at radius 2 is 1.14 bits per heavy atom. The smallest absolute Gasteiger partial charge is 0.294 e. The molecule has 0 heterocycles. The molecule has 0 saturated heterocycles. The Kier molecular flexibility index (Phi) is 9.74. The van der Waals surface area contributed by atoms with E-state index in [4.69, 9.17) is 0 Å². The molecule has 2 saturated carbocycles. The molecule has 2 aliphatic carbocycles. The van der Waals surface area contributed by atoms with Crippen LogP contribution in [0.4, 0.5) is 0 Å². The van der Waals surface area contributed by atoms with E-state index in [1.165, 1.54) is 16.7 Å². The molecule has 0 aromatic heterocycles. The van der Waals surface area contributed by atoms with Crippen LogP contribution in [0.25, 0.3) is 17.2 Å². The molecule has 0 spiro atoms. The van der Waals surface area contributed by atoms with Gasteiger partial charge < -0.3 is 0 Å². The molecule has 0 N–H and O–H groups in total. The first-order chi connectivity index (χ1) is 13.2. The van der Waals surface area contributed by atoms with Gasteiger partial charge in [0, 0.05) is 0 Å². The van der Waals surface area contributed by atoms with Crippen molar-refractivity contribution in [1.29, 1.82) is 0 Å². The van der Waals surface area contributed by atoms with E-state index >= 15 is 0 Å². The van der Waals surface area contributed by atoms with E-state index in [2.05, 4.69) is 43.3 Å². The topological polar surface area (TPSA) is 17.1 Å². The average molecular weight is 406 g/mol. The fraction of sp³-hybridized carbons (Fsp3) is 0.0385. The van der Waals surface area contributed by atoms with Crippen LogP contribution in [-0.2, 0) is 21.9 Å². The predicted octanol–water partition coefficient (Wildman–Crippen LogP) is 5.67. The van der Waals surface area contributed by atoms with E-state index in [1.807, 2.05) is 76.0 Å². The van der Waals surface area contributed by atoms with E-state index in [0.29, 0.717) is 0 Å². The van der Waals surface area contributed by atoms with Gasteiger partial charge in [0.25, 0.3) is 0 Å². The summed E-state index contributed by atoms with van der Waals surface area (Å²) in [6, 6.07) is 16.7. The summed E-state index contributed by atoms with van der Waals surface area (Å²) in [7, 11) is 0. The van der Waals surface area contributed by atoms with Gasteiger partial charge in [-0.05, 0) is 87.5 Å². The van der Waals surface area contributed by atoms with Crippen LogP contribution in [0.3, 0.4) is 0 Å². The molecule has 1 nitrogen and oxygen atoms in total. The molecule has 2 aliphatic rings. The van der Waals surface area contributed by atoms with Gasteiger partial charge in [-0.15, -0.1) is 0 Å². The maximum atomic E-state index is 11.9. The minimum Gasteiger partial charge on any atom is -0.294 e. The van der Waals surface area contributed by atoms with Crippen molar-refractivity contribution in [3.8, 4) is 11.1 Å². The zero-order chi connectivity index (χ0) is 18.9. The maximum Gasteiger partial charge on any atom is 2.00 e. The molecular weight excluding hydrogens is 384 g/mol. The third-order valence-electron chi connectivity index (χ3n) is 4.23. The van der Waals surface area contributed by atoms with Gasteiger partial charge in [0.1, 0.15) is 0 Å². The maximum absolute atomic E-state index is 11.9. The fourth-order valence-electron chi connectivity index (χ4n) is 2.66. The van der Waals surface area contributed by atoms with Crippen molar-refractivity contribution in [2.45, 2.75) is 6.92 Å². The molecule has 0 amide bonds. The van der Waals surface area contributed by atoms with Gasteiger partial charge in [-0.25, -0.2) is 0 Å². The van der Waals surface area contributed by atoms with Crippen LogP contribution in [0.2, 0.25) is 0 Å². The van der Waals surface area contributed by atoms with E-state index in [9.17, 15) is 4.79 Å². The second kappa shape index (κ2) is 12.0. The minimum atomic E-state index is 0. The van der Waals surface area contributed by atoms with Crippen molar-refractivity contribution >= 4 is 11.9 Å². The van der Waals surface area contributed by atoms with Crippen molar-refractivity contribution in [3.63, 3.8) is 0 Å². The standard InChI is InChI=1S/C21H17O.C5H5.Fe/c1-16-6-11-18(12-7-16)19-13-8-17(9-14-19)10-15-21(22)20-4-2-3-5-20;1-2-4-5-3-1;/h2-15H,1H3;1-5H;/q;;+2/b15-10+;;. The zero-order valence-corrected chi connectivity index (χ0v) is 16.8. The van der Waals surface area contributed by atoms with Gasteiger partial charge in [0.15, 0.2) is 5.78 Å². The number of aryl methyl sites for hydroxylation is 1. The second-order valence-electron chi connectivity index (χ2n) is 6.32. The number of hydrogen-bond donors (Lipinski definition) is 0. The van der Waals surface area contributed by atoms with Crippen LogP contribution in [0.1, 0.15) is 11.1 Å². The normalized spacial score (nSPS) is 16.5. The molecule has 0 bridgehead atoms. The van der Waals surface area contributed by atoms with Gasteiger partial charge in [-0.2, -0.15) is 0 Å². The summed E-state index contributed by atoms with van der Waals surface area (Å²) in [5, 5.41) is 0. The summed E-state index contributed by atoms with van der Waals surface area (Å²) >= 11 is 0. The van der Waals surface area contributed by atoms with Crippen molar-refractivity contribution < 1.29 is 21.9 Å². The second-order valence-corrected chi connectivity index (χ2v) is 6.32. The third-order valence-corrected chi connectivity index (χ3v) is 4.23. The first kappa shape index (κ1) is 22.7. The molecule has 4 rings (SSSR count). The van der Waals surface area contributed by atoms with Crippen LogP contribution >= 0.6 is 0 Å². The molecule has 0 unspecified atom stereocenters. The molecule has 2 aromatic rings. The summed E-state index contributed by atoms with van der Waals surface area (Å²) in [6.45, 7) is 2.08. The van der Waals surface area contributed by atoms with Crippen LogP contribution in [0.5, 0.6) is 0 Å². The van der Waals surface area contributed by atoms with E-state index < -0.39 is 0 Å². The first-order valence-corrected chi connectivity index (χ1v) is 9.00. The van der Waals surface area contributed by atoms with Gasteiger partial charge in [0.05, 0.1) is 5.92 Å². The minimum absolute atomic E-state index is 0. The van der Waals surface area contributed by atoms with Crippen molar-refractivity contribution in [1.82, 2.24) is 0 Å². The first-order valence-electron chi connectivity index (χ1n) is 9.00. The number of carbonyl (C=O) groups excluding carboxylic acids is 1. The molecule has 138 valence electrons. The van der Waals surface area contributed by atoms with E-state index in [0.717, 1.165) is 11.5 Å². The molecule has 2 heteroatoms. The largest absolute Gasteiger partial charge is 2.00 e. The monoisotopic (exact) mass is 406 g/mol. The Morgan fingerprint density at radius 1 is 0.679 bits per heavy atom. The van der Waals surface area contributed by atoms with Crippen molar-refractivity contribution in [2.75, 3.05) is 0 Å². The quantitative estimate of drug-likeness (QED) is 0.473. The van der Waals surface area contributed by atoms with E-state index in [1.54, 1.807) is 6.08 Å². The van der Waals surface area contributed by atoms with Crippen LogP contribution in [-0.4, -0.2) is 5.78 Å². The molecule has 10 radical (unpaired) electrons. The molecular formula is C26H22FeO+2. The number of ketones is 1. The Balaban J connectivity index is 0.000000408. The zero-order valence-electron chi connectivity index (χ0n) is 15.7. The van der Waals surface area contributed by atoms with Crippen molar-refractivity contribution in [2.24, 2.45) is 0 Å². The summed E-state index contributed by atoms with van der Waals surface area (Å²) in [6.07, 6.45) is 20.9. The summed E-state index contributed by atoms with van der Waals surface area (Å²) < 4.78 is 0. The molecule has 2 aromatic carbocycles. The Hall–Kier alpha value is -1.63. The van der Waals surface area contributed by atoms with Gasteiger partial charge in [-0.1, -0.05) is 60.2 Å². The Labute approximate surface area is 181 Å². The van der Waals surface area contributed by atoms with Crippen LogP contribution in [0.15, 0.2) is 54.6 Å². The van der Waals surface area contributed by atoms with Crippen LogP contribution in [0, 0.1) is 70.6 Å².